The molecule has 0 radical (unpaired) electrons. The number of ether oxygens (including phenoxy) is 1. The minimum atomic E-state index is -0.224. The van der Waals surface area contributed by atoms with Crippen molar-refractivity contribution in [3.8, 4) is 11.4 Å². The number of hydrogen-bond acceptors (Lipinski definition) is 9. The molecule has 31 heavy (non-hydrogen) atoms. The Labute approximate surface area is 181 Å². The second-order valence-corrected chi connectivity index (χ2v) is 7.73. The Hall–Kier alpha value is -3.57. The van der Waals surface area contributed by atoms with Gasteiger partial charge in [0.15, 0.2) is 16.5 Å². The fourth-order valence-corrected chi connectivity index (χ4v) is 4.15. The lowest BCUT2D eigenvalue weighted by Crippen LogP contribution is -2.36. The second kappa shape index (κ2) is 8.28. The summed E-state index contributed by atoms with van der Waals surface area (Å²) in [6.45, 7) is 3.30. The highest BCUT2D eigenvalue weighted by atomic mass is 32.1. The lowest BCUT2D eigenvalue weighted by Gasteiger charge is -2.28. The minimum Gasteiger partial charge on any atom is -0.378 e. The van der Waals surface area contributed by atoms with Gasteiger partial charge in [-0.25, -0.2) is 19.5 Å². The molecule has 0 atom stereocenters. The van der Waals surface area contributed by atoms with E-state index in [-0.39, 0.29) is 5.91 Å². The maximum atomic E-state index is 11.8. The highest BCUT2D eigenvalue weighted by Gasteiger charge is 2.16. The fraction of sp³-hybridized carbons (Fsp3) is 0.250. The van der Waals surface area contributed by atoms with Crippen molar-refractivity contribution in [2.24, 2.45) is 0 Å². The molecule has 158 valence electrons. The van der Waals surface area contributed by atoms with Crippen LogP contribution in [0.4, 0.5) is 17.2 Å². The Morgan fingerprint density at radius 2 is 1.97 bits per heavy atom. The number of morpholine rings is 1. The monoisotopic (exact) mass is 436 g/mol. The molecular formula is C20H20N8O2S. The zero-order chi connectivity index (χ0) is 21.2. The molecule has 1 aliphatic rings. The Kier molecular flexibility index (Phi) is 5.18. The SMILES string of the molecule is CNC(=O)c1nc(-c2cnc(Nc3ccc(N4CCOCC4)cc3)c3ncnn23)cs1. The summed E-state index contributed by atoms with van der Waals surface area (Å²) in [5, 5.41) is 12.4. The summed E-state index contributed by atoms with van der Waals surface area (Å²) in [7, 11) is 1.58. The molecule has 0 aliphatic carbocycles. The third-order valence-corrected chi connectivity index (χ3v) is 5.84. The Morgan fingerprint density at radius 1 is 1.16 bits per heavy atom. The molecule has 2 N–H and O–H groups in total. The molecule has 0 unspecified atom stereocenters. The van der Waals surface area contributed by atoms with Crippen LogP contribution in [0, 0.1) is 0 Å². The van der Waals surface area contributed by atoms with Crippen LogP contribution in [0.15, 0.2) is 42.2 Å². The third-order valence-electron chi connectivity index (χ3n) is 5.00. The van der Waals surface area contributed by atoms with E-state index in [1.807, 2.05) is 12.1 Å². The van der Waals surface area contributed by atoms with Crippen LogP contribution in [-0.2, 0) is 4.74 Å². The first kappa shape index (κ1) is 19.4. The van der Waals surface area contributed by atoms with E-state index < -0.39 is 0 Å². The predicted octanol–water partition coefficient (Wildman–Crippen LogP) is 2.19. The first-order valence-corrected chi connectivity index (χ1v) is 10.7. The van der Waals surface area contributed by atoms with E-state index >= 15 is 0 Å². The van der Waals surface area contributed by atoms with Gasteiger partial charge < -0.3 is 20.3 Å². The minimum absolute atomic E-state index is 0.224. The van der Waals surface area contributed by atoms with E-state index in [1.54, 1.807) is 23.1 Å². The molecule has 3 aromatic heterocycles. The molecule has 0 bridgehead atoms. The number of carbonyl (C=O) groups is 1. The highest BCUT2D eigenvalue weighted by molar-refractivity contribution is 7.12. The maximum Gasteiger partial charge on any atom is 0.280 e. The first-order chi connectivity index (χ1) is 15.2. The quantitative estimate of drug-likeness (QED) is 0.490. The van der Waals surface area contributed by atoms with Crippen LogP contribution in [0.2, 0.25) is 0 Å². The zero-order valence-corrected chi connectivity index (χ0v) is 17.6. The molecule has 10 nitrogen and oxygen atoms in total. The summed E-state index contributed by atoms with van der Waals surface area (Å²) >= 11 is 1.27. The number of nitrogens with zero attached hydrogens (tertiary/aromatic N) is 6. The fourth-order valence-electron chi connectivity index (χ4n) is 3.40. The van der Waals surface area contributed by atoms with Crippen LogP contribution >= 0.6 is 11.3 Å². The number of amides is 1. The van der Waals surface area contributed by atoms with Gasteiger partial charge in [-0.1, -0.05) is 0 Å². The van der Waals surface area contributed by atoms with Crippen molar-refractivity contribution < 1.29 is 9.53 Å². The molecule has 0 saturated carbocycles. The molecule has 1 aliphatic heterocycles. The van der Waals surface area contributed by atoms with Crippen molar-refractivity contribution in [1.82, 2.24) is 29.9 Å². The average molecular weight is 437 g/mol. The van der Waals surface area contributed by atoms with Gasteiger partial charge in [-0.3, -0.25) is 4.79 Å². The van der Waals surface area contributed by atoms with Crippen molar-refractivity contribution in [2.75, 3.05) is 43.6 Å². The lowest BCUT2D eigenvalue weighted by molar-refractivity contribution is 0.0963. The first-order valence-electron chi connectivity index (χ1n) is 9.79. The van der Waals surface area contributed by atoms with Crippen molar-refractivity contribution in [2.45, 2.75) is 0 Å². The molecule has 1 fully saturated rings. The maximum absolute atomic E-state index is 11.8. The average Bonchev–Trinajstić information content (AvgIpc) is 3.50. The third kappa shape index (κ3) is 3.80. The predicted molar refractivity (Wildman–Crippen MR) is 118 cm³/mol. The number of benzene rings is 1. The second-order valence-electron chi connectivity index (χ2n) is 6.88. The van der Waals surface area contributed by atoms with E-state index in [2.05, 4.69) is 47.7 Å². The summed E-state index contributed by atoms with van der Waals surface area (Å²) in [6, 6.07) is 8.20. The van der Waals surface area contributed by atoms with Crippen LogP contribution in [0.5, 0.6) is 0 Å². The van der Waals surface area contributed by atoms with Gasteiger partial charge in [-0.2, -0.15) is 5.10 Å². The van der Waals surface area contributed by atoms with E-state index in [4.69, 9.17) is 4.74 Å². The van der Waals surface area contributed by atoms with Crippen LogP contribution in [-0.4, -0.2) is 63.8 Å². The molecule has 1 amide bonds. The number of rotatable bonds is 5. The number of carbonyl (C=O) groups excluding carboxylic acids is 1. The van der Waals surface area contributed by atoms with Gasteiger partial charge in [0.25, 0.3) is 5.91 Å². The Morgan fingerprint density at radius 3 is 2.74 bits per heavy atom. The van der Waals surface area contributed by atoms with E-state index in [1.165, 1.54) is 23.4 Å². The van der Waals surface area contributed by atoms with E-state index in [0.29, 0.717) is 27.9 Å². The van der Waals surface area contributed by atoms with Gasteiger partial charge in [0.2, 0.25) is 0 Å². The zero-order valence-electron chi connectivity index (χ0n) is 16.8. The van der Waals surface area contributed by atoms with Gasteiger partial charge in [-0.15, -0.1) is 11.3 Å². The molecule has 11 heteroatoms. The van der Waals surface area contributed by atoms with Gasteiger partial charge in [0.1, 0.15) is 17.7 Å². The van der Waals surface area contributed by atoms with Crippen LogP contribution in [0.1, 0.15) is 9.80 Å². The number of anilines is 3. The topological polar surface area (TPSA) is 110 Å². The molecule has 4 heterocycles. The molecular weight excluding hydrogens is 416 g/mol. The van der Waals surface area contributed by atoms with Crippen molar-refractivity contribution in [3.63, 3.8) is 0 Å². The molecule has 1 saturated heterocycles. The number of aromatic nitrogens is 5. The summed E-state index contributed by atoms with van der Waals surface area (Å²) in [5.74, 6) is 0.361. The van der Waals surface area contributed by atoms with E-state index in [0.717, 1.165) is 32.0 Å². The number of hydrogen-bond donors (Lipinski definition) is 2. The molecule has 5 rings (SSSR count). The largest absolute Gasteiger partial charge is 0.378 e. The summed E-state index contributed by atoms with van der Waals surface area (Å²) < 4.78 is 7.08. The molecule has 4 aromatic rings. The van der Waals surface area contributed by atoms with Crippen molar-refractivity contribution in [3.05, 3.63) is 47.2 Å². The molecule has 1 aromatic carbocycles. The van der Waals surface area contributed by atoms with Crippen LogP contribution < -0.4 is 15.5 Å². The van der Waals surface area contributed by atoms with Crippen LogP contribution in [0.3, 0.4) is 0 Å². The van der Waals surface area contributed by atoms with Crippen molar-refractivity contribution >= 4 is 40.1 Å². The van der Waals surface area contributed by atoms with Crippen molar-refractivity contribution in [1.29, 1.82) is 0 Å². The Balaban J connectivity index is 1.40. The lowest BCUT2D eigenvalue weighted by atomic mass is 10.2. The normalized spacial score (nSPS) is 14.0. The summed E-state index contributed by atoms with van der Waals surface area (Å²) in [6.07, 6.45) is 3.15. The molecule has 0 spiro atoms. The smallest absolute Gasteiger partial charge is 0.280 e. The summed E-state index contributed by atoms with van der Waals surface area (Å²) in [5.41, 5.74) is 3.92. The number of fused-ring (bicyclic) bond motifs is 1. The van der Waals surface area contributed by atoms with E-state index in [9.17, 15) is 4.79 Å². The summed E-state index contributed by atoms with van der Waals surface area (Å²) in [4.78, 5) is 27.4. The van der Waals surface area contributed by atoms with Crippen LogP contribution in [0.25, 0.3) is 17.0 Å². The number of thiazole rings is 1. The Bertz CT molecular complexity index is 1210. The standard InChI is InChI=1S/C20H20N8O2S/c1-21-19(29)20-26-15(11-31-20)16-10-22-17(18-23-12-24-28(16)18)25-13-2-4-14(5-3-13)27-6-8-30-9-7-27/h2-5,10-12H,6-9H2,1H3,(H,21,29)(H,22,25). The van der Waals surface area contributed by atoms with Gasteiger partial charge >= 0.3 is 0 Å². The van der Waals surface area contributed by atoms with Gasteiger partial charge in [-0.05, 0) is 24.3 Å². The van der Waals surface area contributed by atoms with Gasteiger partial charge in [0.05, 0.1) is 19.4 Å². The number of nitrogens with one attached hydrogen (secondary N) is 2. The van der Waals surface area contributed by atoms with Gasteiger partial charge in [0, 0.05) is 36.9 Å². The highest BCUT2D eigenvalue weighted by Crippen LogP contribution is 2.26.